The molecule has 4 rings (SSSR count). The molecule has 2 aliphatic heterocycles. The first-order valence-corrected chi connectivity index (χ1v) is 10.8. The van der Waals surface area contributed by atoms with E-state index in [9.17, 15) is 13.2 Å². The molecule has 1 saturated heterocycles. The van der Waals surface area contributed by atoms with Crippen LogP contribution in [0.2, 0.25) is 0 Å². The molecule has 28 heavy (non-hydrogen) atoms. The molecule has 0 aliphatic carbocycles. The van der Waals surface area contributed by atoms with Crippen molar-refractivity contribution in [1.29, 1.82) is 0 Å². The van der Waals surface area contributed by atoms with Gasteiger partial charge >= 0.3 is 0 Å². The standard InChI is InChI=1S/C20H22N2O5S/c23-20(19-14-26-17-8-4-5-9-18(17)27-19)21-10-12-22(13-11-21)28(24,25)15-16-6-2-1-3-7-16/h1-9,19H,10-15H2/t19-/m1/s1. The molecule has 0 aromatic heterocycles. The summed E-state index contributed by atoms with van der Waals surface area (Å²) < 4.78 is 38.1. The van der Waals surface area contributed by atoms with Gasteiger partial charge in [0.1, 0.15) is 6.61 Å². The van der Waals surface area contributed by atoms with Crippen molar-refractivity contribution in [3.8, 4) is 11.5 Å². The van der Waals surface area contributed by atoms with E-state index in [1.54, 1.807) is 29.2 Å². The van der Waals surface area contributed by atoms with Gasteiger partial charge in [-0.05, 0) is 17.7 Å². The molecule has 0 spiro atoms. The number of rotatable bonds is 4. The number of amides is 1. The van der Waals surface area contributed by atoms with E-state index in [1.807, 2.05) is 30.3 Å². The Labute approximate surface area is 164 Å². The molecular formula is C20H22N2O5S. The summed E-state index contributed by atoms with van der Waals surface area (Å²) in [7, 11) is -3.41. The Morgan fingerprint density at radius 1 is 0.929 bits per heavy atom. The first kappa shape index (κ1) is 18.8. The van der Waals surface area contributed by atoms with Gasteiger partial charge in [-0.3, -0.25) is 4.79 Å². The van der Waals surface area contributed by atoms with E-state index in [0.29, 0.717) is 24.6 Å². The maximum Gasteiger partial charge on any atom is 0.267 e. The van der Waals surface area contributed by atoms with Crippen molar-refractivity contribution in [3.63, 3.8) is 0 Å². The molecule has 1 fully saturated rings. The third-order valence-electron chi connectivity index (χ3n) is 4.92. The van der Waals surface area contributed by atoms with Gasteiger partial charge in [-0.25, -0.2) is 8.42 Å². The lowest BCUT2D eigenvalue weighted by molar-refractivity contribution is -0.142. The molecule has 2 aromatic rings. The Balaban J connectivity index is 1.34. The average Bonchev–Trinajstić information content (AvgIpc) is 2.73. The highest BCUT2D eigenvalue weighted by Gasteiger charge is 2.34. The molecule has 0 N–H and O–H groups in total. The van der Waals surface area contributed by atoms with Gasteiger partial charge < -0.3 is 14.4 Å². The van der Waals surface area contributed by atoms with Crippen molar-refractivity contribution in [2.24, 2.45) is 0 Å². The number of carbonyl (C=O) groups is 1. The van der Waals surface area contributed by atoms with Gasteiger partial charge in [0, 0.05) is 26.2 Å². The number of piperazine rings is 1. The Morgan fingerprint density at radius 3 is 2.29 bits per heavy atom. The fraction of sp³-hybridized carbons (Fsp3) is 0.350. The van der Waals surface area contributed by atoms with Crippen LogP contribution < -0.4 is 9.47 Å². The molecule has 0 unspecified atom stereocenters. The third-order valence-corrected chi connectivity index (χ3v) is 6.77. The van der Waals surface area contributed by atoms with Gasteiger partial charge in [-0.1, -0.05) is 42.5 Å². The minimum absolute atomic E-state index is 0.0296. The van der Waals surface area contributed by atoms with Gasteiger partial charge in [0.05, 0.1) is 5.75 Å². The van der Waals surface area contributed by atoms with E-state index in [0.717, 1.165) is 5.56 Å². The van der Waals surface area contributed by atoms with Crippen molar-refractivity contribution >= 4 is 15.9 Å². The molecule has 2 aliphatic rings. The van der Waals surface area contributed by atoms with E-state index in [4.69, 9.17) is 9.47 Å². The van der Waals surface area contributed by atoms with Gasteiger partial charge in [-0.15, -0.1) is 0 Å². The van der Waals surface area contributed by atoms with Crippen LogP contribution in [0.5, 0.6) is 11.5 Å². The smallest absolute Gasteiger partial charge is 0.267 e. The second kappa shape index (κ2) is 7.81. The number of ether oxygens (including phenoxy) is 2. The summed E-state index contributed by atoms with van der Waals surface area (Å²) in [5.41, 5.74) is 0.757. The monoisotopic (exact) mass is 402 g/mol. The molecule has 0 bridgehead atoms. The molecule has 8 heteroatoms. The predicted octanol–water partition coefficient (Wildman–Crippen LogP) is 1.50. The van der Waals surface area contributed by atoms with E-state index >= 15 is 0 Å². The lowest BCUT2D eigenvalue weighted by Gasteiger charge is -2.36. The molecule has 2 aromatic carbocycles. The van der Waals surface area contributed by atoms with Crippen LogP contribution in [-0.2, 0) is 20.6 Å². The quantitative estimate of drug-likeness (QED) is 0.775. The van der Waals surface area contributed by atoms with Crippen molar-refractivity contribution in [2.75, 3.05) is 32.8 Å². The van der Waals surface area contributed by atoms with E-state index < -0.39 is 16.1 Å². The zero-order valence-electron chi connectivity index (χ0n) is 15.4. The van der Waals surface area contributed by atoms with Crippen molar-refractivity contribution < 1.29 is 22.7 Å². The number of carbonyl (C=O) groups excluding carboxylic acids is 1. The molecule has 1 amide bonds. The lowest BCUT2D eigenvalue weighted by Crippen LogP contribution is -2.55. The normalized spacial score (nSPS) is 20.0. The summed E-state index contributed by atoms with van der Waals surface area (Å²) in [6.07, 6.45) is -0.706. The summed E-state index contributed by atoms with van der Waals surface area (Å²) in [5, 5.41) is 0. The Bertz CT molecular complexity index is 940. The molecular weight excluding hydrogens is 380 g/mol. The Kier molecular flexibility index (Phi) is 5.23. The van der Waals surface area contributed by atoms with Crippen LogP contribution in [0.25, 0.3) is 0 Å². The molecule has 148 valence electrons. The SMILES string of the molecule is O=C([C@H]1COc2ccccc2O1)N1CCN(S(=O)(=O)Cc2ccccc2)CC1. The van der Waals surface area contributed by atoms with Crippen LogP contribution in [0.3, 0.4) is 0 Å². The highest BCUT2D eigenvalue weighted by molar-refractivity contribution is 7.88. The maximum atomic E-state index is 12.8. The van der Waals surface area contributed by atoms with Gasteiger partial charge in [-0.2, -0.15) is 4.31 Å². The zero-order chi connectivity index (χ0) is 19.6. The fourth-order valence-corrected chi connectivity index (χ4v) is 4.92. The highest BCUT2D eigenvalue weighted by atomic mass is 32.2. The molecule has 7 nitrogen and oxygen atoms in total. The van der Waals surface area contributed by atoms with E-state index in [1.165, 1.54) is 4.31 Å². The predicted molar refractivity (Wildman–Crippen MR) is 104 cm³/mol. The Morgan fingerprint density at radius 2 is 1.57 bits per heavy atom. The van der Waals surface area contributed by atoms with Gasteiger partial charge in [0.25, 0.3) is 5.91 Å². The fourth-order valence-electron chi connectivity index (χ4n) is 3.41. The van der Waals surface area contributed by atoms with Crippen LogP contribution >= 0.6 is 0 Å². The number of fused-ring (bicyclic) bond motifs is 1. The number of hydrogen-bond acceptors (Lipinski definition) is 5. The lowest BCUT2D eigenvalue weighted by atomic mass is 10.2. The number of hydrogen-bond donors (Lipinski definition) is 0. The largest absolute Gasteiger partial charge is 0.485 e. The second-order valence-electron chi connectivity index (χ2n) is 6.83. The van der Waals surface area contributed by atoms with Gasteiger partial charge in [0.15, 0.2) is 11.5 Å². The number of sulfonamides is 1. The second-order valence-corrected chi connectivity index (χ2v) is 8.80. The number of nitrogens with zero attached hydrogens (tertiary/aromatic N) is 2. The molecule has 0 radical (unpaired) electrons. The summed E-state index contributed by atoms with van der Waals surface area (Å²) in [4.78, 5) is 14.4. The van der Waals surface area contributed by atoms with Crippen LogP contribution in [0.1, 0.15) is 5.56 Å². The van der Waals surface area contributed by atoms with Crippen molar-refractivity contribution in [1.82, 2.24) is 9.21 Å². The third kappa shape index (κ3) is 3.98. The minimum Gasteiger partial charge on any atom is -0.485 e. The minimum atomic E-state index is -3.41. The first-order valence-electron chi connectivity index (χ1n) is 9.22. The summed E-state index contributed by atoms with van der Waals surface area (Å²) in [6.45, 7) is 1.40. The summed E-state index contributed by atoms with van der Waals surface area (Å²) >= 11 is 0. The molecule has 2 heterocycles. The Hall–Kier alpha value is -2.58. The highest BCUT2D eigenvalue weighted by Crippen LogP contribution is 2.31. The topological polar surface area (TPSA) is 76.2 Å². The van der Waals surface area contributed by atoms with Crippen LogP contribution in [0, 0.1) is 0 Å². The first-order chi connectivity index (χ1) is 13.5. The molecule has 1 atom stereocenters. The van der Waals surface area contributed by atoms with Crippen LogP contribution in [-0.4, -0.2) is 62.4 Å². The zero-order valence-corrected chi connectivity index (χ0v) is 16.2. The van der Waals surface area contributed by atoms with Crippen LogP contribution in [0.4, 0.5) is 0 Å². The van der Waals surface area contributed by atoms with Crippen molar-refractivity contribution in [2.45, 2.75) is 11.9 Å². The molecule has 0 saturated carbocycles. The van der Waals surface area contributed by atoms with Gasteiger partial charge in [0.2, 0.25) is 16.1 Å². The summed E-state index contributed by atoms with van der Waals surface area (Å²) in [5.74, 6) is 0.979. The summed E-state index contributed by atoms with van der Waals surface area (Å²) in [6, 6.07) is 16.3. The maximum absolute atomic E-state index is 12.8. The average molecular weight is 402 g/mol. The van der Waals surface area contributed by atoms with E-state index in [2.05, 4.69) is 0 Å². The van der Waals surface area contributed by atoms with Crippen molar-refractivity contribution in [3.05, 3.63) is 60.2 Å². The van der Waals surface area contributed by atoms with E-state index in [-0.39, 0.29) is 31.4 Å². The van der Waals surface area contributed by atoms with Crippen LogP contribution in [0.15, 0.2) is 54.6 Å². The number of para-hydroxylation sites is 2. The number of benzene rings is 2.